The Kier molecular flexibility index (Phi) is 5.41. The summed E-state index contributed by atoms with van der Waals surface area (Å²) in [5.74, 6) is 0.488. The first kappa shape index (κ1) is 15.6. The predicted molar refractivity (Wildman–Crippen MR) is 84.9 cm³/mol. The highest BCUT2D eigenvalue weighted by molar-refractivity contribution is 9.10. The first-order valence-corrected chi connectivity index (χ1v) is 7.27. The van der Waals surface area contributed by atoms with E-state index in [1.807, 2.05) is 37.2 Å². The molecule has 21 heavy (non-hydrogen) atoms. The van der Waals surface area contributed by atoms with Gasteiger partial charge in [0.1, 0.15) is 12.4 Å². The minimum absolute atomic E-state index is 0.235. The molecule has 2 aromatic rings. The summed E-state index contributed by atoms with van der Waals surface area (Å²) in [5, 5.41) is 2.81. The Morgan fingerprint density at radius 2 is 2.19 bits per heavy atom. The van der Waals surface area contributed by atoms with Crippen LogP contribution in [-0.4, -0.2) is 38.1 Å². The van der Waals surface area contributed by atoms with Crippen LogP contribution in [0.5, 0.6) is 5.75 Å². The van der Waals surface area contributed by atoms with E-state index in [9.17, 15) is 4.79 Å². The normalized spacial score (nSPS) is 10.7. The van der Waals surface area contributed by atoms with Crippen molar-refractivity contribution in [3.05, 3.63) is 46.8 Å². The van der Waals surface area contributed by atoms with Gasteiger partial charge in [-0.05, 0) is 48.2 Å². The standard InChI is InChI=1S/C15H17BrN2O3/c1-18(2)7-9-20-12-5-3-4-11(10-12)17-15(19)13-6-8-21-14(13)16/h3-6,8,10H,7,9H2,1-2H3,(H,17,19). The van der Waals surface area contributed by atoms with Crippen LogP contribution in [-0.2, 0) is 0 Å². The minimum atomic E-state index is -0.235. The Morgan fingerprint density at radius 1 is 1.38 bits per heavy atom. The number of nitrogens with one attached hydrogen (secondary N) is 1. The van der Waals surface area contributed by atoms with E-state index >= 15 is 0 Å². The molecule has 1 aromatic carbocycles. The number of carbonyl (C=O) groups is 1. The summed E-state index contributed by atoms with van der Waals surface area (Å²) >= 11 is 3.19. The number of halogens is 1. The molecule has 0 aliphatic heterocycles. The zero-order chi connectivity index (χ0) is 15.2. The molecular formula is C15H17BrN2O3. The molecule has 1 N–H and O–H groups in total. The number of benzene rings is 1. The lowest BCUT2D eigenvalue weighted by atomic mass is 10.2. The van der Waals surface area contributed by atoms with E-state index in [-0.39, 0.29) is 5.91 Å². The monoisotopic (exact) mass is 352 g/mol. The Labute approximate surface area is 132 Å². The van der Waals surface area contributed by atoms with E-state index in [2.05, 4.69) is 21.2 Å². The van der Waals surface area contributed by atoms with Crippen molar-refractivity contribution >= 4 is 27.5 Å². The highest BCUT2D eigenvalue weighted by Crippen LogP contribution is 2.21. The quantitative estimate of drug-likeness (QED) is 0.866. The molecule has 0 aliphatic carbocycles. The van der Waals surface area contributed by atoms with E-state index in [1.54, 1.807) is 12.1 Å². The van der Waals surface area contributed by atoms with E-state index in [0.29, 0.717) is 22.5 Å². The fourth-order valence-electron chi connectivity index (χ4n) is 1.66. The molecule has 5 nitrogen and oxygen atoms in total. The largest absolute Gasteiger partial charge is 0.492 e. The molecule has 0 saturated carbocycles. The van der Waals surface area contributed by atoms with Crippen LogP contribution in [0.2, 0.25) is 0 Å². The number of furan rings is 1. The number of likely N-dealkylation sites (N-methyl/N-ethyl adjacent to an activating group) is 1. The first-order valence-electron chi connectivity index (χ1n) is 6.48. The number of nitrogens with zero attached hydrogens (tertiary/aromatic N) is 1. The predicted octanol–water partition coefficient (Wildman–Crippen LogP) is 3.23. The van der Waals surface area contributed by atoms with Crippen LogP contribution < -0.4 is 10.1 Å². The Morgan fingerprint density at radius 3 is 2.86 bits per heavy atom. The molecule has 1 heterocycles. The highest BCUT2D eigenvalue weighted by Gasteiger charge is 2.12. The molecule has 0 unspecified atom stereocenters. The first-order chi connectivity index (χ1) is 10.1. The van der Waals surface area contributed by atoms with Gasteiger partial charge in [-0.25, -0.2) is 0 Å². The number of carbonyl (C=O) groups excluding carboxylic acids is 1. The highest BCUT2D eigenvalue weighted by atomic mass is 79.9. The second-order valence-corrected chi connectivity index (χ2v) is 5.46. The maximum absolute atomic E-state index is 12.1. The van der Waals surface area contributed by atoms with Crippen molar-refractivity contribution in [1.82, 2.24) is 4.90 Å². The van der Waals surface area contributed by atoms with Gasteiger partial charge in [-0.2, -0.15) is 0 Å². The summed E-state index contributed by atoms with van der Waals surface area (Å²) < 4.78 is 11.1. The van der Waals surface area contributed by atoms with Crippen molar-refractivity contribution in [2.45, 2.75) is 0 Å². The number of ether oxygens (including phenoxy) is 1. The van der Waals surface area contributed by atoms with E-state index < -0.39 is 0 Å². The van der Waals surface area contributed by atoms with Crippen LogP contribution in [0.1, 0.15) is 10.4 Å². The van der Waals surface area contributed by atoms with Crippen molar-refractivity contribution in [1.29, 1.82) is 0 Å². The molecule has 0 fully saturated rings. The van der Waals surface area contributed by atoms with E-state index in [0.717, 1.165) is 12.3 Å². The fraction of sp³-hybridized carbons (Fsp3) is 0.267. The average Bonchev–Trinajstić information content (AvgIpc) is 2.85. The van der Waals surface area contributed by atoms with Gasteiger partial charge >= 0.3 is 0 Å². The second kappa shape index (κ2) is 7.28. The summed E-state index contributed by atoms with van der Waals surface area (Å²) in [5.41, 5.74) is 1.13. The molecule has 2 rings (SSSR count). The molecule has 112 valence electrons. The molecular weight excluding hydrogens is 336 g/mol. The number of rotatable bonds is 6. The van der Waals surface area contributed by atoms with Gasteiger partial charge in [0.15, 0.2) is 4.67 Å². The number of hydrogen-bond acceptors (Lipinski definition) is 4. The second-order valence-electron chi connectivity index (χ2n) is 4.74. The van der Waals surface area contributed by atoms with Gasteiger partial charge in [0, 0.05) is 18.3 Å². The van der Waals surface area contributed by atoms with Crippen LogP contribution >= 0.6 is 15.9 Å². The zero-order valence-electron chi connectivity index (χ0n) is 11.9. The molecule has 0 aliphatic rings. The van der Waals surface area contributed by atoms with Gasteiger partial charge in [-0.3, -0.25) is 4.79 Å². The van der Waals surface area contributed by atoms with Crippen LogP contribution in [0.25, 0.3) is 0 Å². The van der Waals surface area contributed by atoms with Crippen molar-refractivity contribution in [2.75, 3.05) is 32.6 Å². The molecule has 0 radical (unpaired) electrons. The Balaban J connectivity index is 1.98. The lowest BCUT2D eigenvalue weighted by Crippen LogP contribution is -2.19. The summed E-state index contributed by atoms with van der Waals surface area (Å²) in [4.78, 5) is 14.1. The smallest absolute Gasteiger partial charge is 0.260 e. The van der Waals surface area contributed by atoms with Crippen molar-refractivity contribution in [2.24, 2.45) is 0 Å². The summed E-state index contributed by atoms with van der Waals surface area (Å²) in [7, 11) is 3.98. The number of amides is 1. The van der Waals surface area contributed by atoms with E-state index in [4.69, 9.17) is 9.15 Å². The van der Waals surface area contributed by atoms with Gasteiger partial charge in [-0.1, -0.05) is 6.07 Å². The van der Waals surface area contributed by atoms with Crippen LogP contribution in [0, 0.1) is 0 Å². The van der Waals surface area contributed by atoms with Crippen molar-refractivity contribution in [3.63, 3.8) is 0 Å². The lowest BCUT2D eigenvalue weighted by Gasteiger charge is -2.12. The van der Waals surface area contributed by atoms with Crippen LogP contribution in [0.15, 0.2) is 45.7 Å². The van der Waals surface area contributed by atoms with Crippen LogP contribution in [0.4, 0.5) is 5.69 Å². The van der Waals surface area contributed by atoms with Crippen molar-refractivity contribution in [3.8, 4) is 5.75 Å². The third-order valence-electron chi connectivity index (χ3n) is 2.76. The zero-order valence-corrected chi connectivity index (χ0v) is 13.5. The summed E-state index contributed by atoms with van der Waals surface area (Å²) in [6, 6.07) is 8.91. The van der Waals surface area contributed by atoms with E-state index in [1.165, 1.54) is 6.26 Å². The number of hydrogen-bond donors (Lipinski definition) is 1. The van der Waals surface area contributed by atoms with Crippen molar-refractivity contribution < 1.29 is 13.9 Å². The molecule has 0 bridgehead atoms. The maximum atomic E-state index is 12.1. The molecule has 0 saturated heterocycles. The van der Waals surface area contributed by atoms with Gasteiger partial charge in [0.05, 0.1) is 11.8 Å². The molecule has 0 spiro atoms. The summed E-state index contributed by atoms with van der Waals surface area (Å²) in [6.45, 7) is 1.43. The molecule has 6 heteroatoms. The van der Waals surface area contributed by atoms with Gasteiger partial charge in [0.2, 0.25) is 0 Å². The van der Waals surface area contributed by atoms with Gasteiger partial charge in [0.25, 0.3) is 5.91 Å². The molecule has 1 amide bonds. The maximum Gasteiger partial charge on any atom is 0.260 e. The minimum Gasteiger partial charge on any atom is -0.492 e. The molecule has 1 aromatic heterocycles. The third-order valence-corrected chi connectivity index (χ3v) is 3.38. The van der Waals surface area contributed by atoms with Crippen LogP contribution in [0.3, 0.4) is 0 Å². The Hall–Kier alpha value is -1.79. The summed E-state index contributed by atoms with van der Waals surface area (Å²) in [6.07, 6.45) is 1.46. The fourth-order valence-corrected chi connectivity index (χ4v) is 2.08. The lowest BCUT2D eigenvalue weighted by molar-refractivity contribution is 0.102. The molecule has 0 atom stereocenters. The van der Waals surface area contributed by atoms with Gasteiger partial charge < -0.3 is 19.4 Å². The Bertz CT molecular complexity index is 610. The third kappa shape index (κ3) is 4.61. The average molecular weight is 353 g/mol. The topological polar surface area (TPSA) is 54.7 Å². The van der Waals surface area contributed by atoms with Gasteiger partial charge in [-0.15, -0.1) is 0 Å². The number of anilines is 1. The SMILES string of the molecule is CN(C)CCOc1cccc(NC(=O)c2ccoc2Br)c1.